The molecule has 0 N–H and O–H groups in total. The first-order valence-corrected chi connectivity index (χ1v) is 22.4. The first kappa shape index (κ1) is 32.1. The molecule has 0 atom stereocenters. The van der Waals surface area contributed by atoms with Gasteiger partial charge in [-0.1, -0.05) is 81.4 Å². The molecule has 220 valence electrons. The fourth-order valence-electron chi connectivity index (χ4n) is 5.23. The van der Waals surface area contributed by atoms with Crippen LogP contribution in [0.25, 0.3) is 32.7 Å². The molecule has 0 radical (unpaired) electrons. The van der Waals surface area contributed by atoms with Crippen molar-refractivity contribution in [3.8, 4) is 11.1 Å². The van der Waals surface area contributed by atoms with Crippen LogP contribution in [0.5, 0.6) is 0 Å². The van der Waals surface area contributed by atoms with Crippen LogP contribution in [0.4, 0.5) is 0 Å². The van der Waals surface area contributed by atoms with Gasteiger partial charge in [-0.25, -0.2) is 0 Å². The molecule has 0 nitrogen and oxygen atoms in total. The van der Waals surface area contributed by atoms with Gasteiger partial charge in [-0.3, -0.25) is 0 Å². The number of hydrogen-bond donors (Lipinski definition) is 0. The van der Waals surface area contributed by atoms with Crippen LogP contribution in [0.1, 0.15) is 37.5 Å². The molecule has 0 fully saturated rings. The minimum atomic E-state index is -2.44. The smallest absolute Gasteiger partial charge is 0.0771 e. The van der Waals surface area contributed by atoms with Gasteiger partial charge in [-0.05, 0) is 11.0 Å². The van der Waals surface area contributed by atoms with Crippen LogP contribution < -0.4 is 0 Å². The van der Waals surface area contributed by atoms with Gasteiger partial charge in [-0.2, -0.15) is 23.8 Å². The second-order valence-corrected chi connectivity index (χ2v) is 19.8. The molecule has 0 bridgehead atoms. The summed E-state index contributed by atoms with van der Waals surface area (Å²) < 4.78 is 1.15. The van der Waals surface area contributed by atoms with Gasteiger partial charge in [0.25, 0.3) is 0 Å². The predicted molar refractivity (Wildman–Crippen MR) is 191 cm³/mol. The molecule has 3 heteroatoms. The maximum absolute atomic E-state index is 6.24. The number of rotatable bonds is 3. The van der Waals surface area contributed by atoms with Gasteiger partial charge in [0, 0.05) is 0 Å². The number of fused-ring (bicyclic) bond motifs is 3. The topological polar surface area (TPSA) is 0 Å². The summed E-state index contributed by atoms with van der Waals surface area (Å²) in [5.74, 6) is 0. The fourth-order valence-corrected chi connectivity index (χ4v) is 9.70. The maximum atomic E-state index is 6.24. The molecular weight excluding hydrogens is 655 g/mol. The van der Waals surface area contributed by atoms with Gasteiger partial charge in [0.05, 0.1) is 0 Å². The van der Waals surface area contributed by atoms with Gasteiger partial charge in [0.15, 0.2) is 0 Å². The number of halogens is 2. The summed E-state index contributed by atoms with van der Waals surface area (Å²) in [5.41, 5.74) is 6.52. The Labute approximate surface area is 276 Å². The molecule has 0 aromatic heterocycles. The monoisotopic (exact) mass is 688 g/mol. The zero-order chi connectivity index (χ0) is 30.9. The molecule has 0 heterocycles. The molecule has 0 aliphatic heterocycles. The molecule has 0 amide bonds. The molecule has 7 aromatic rings. The van der Waals surface area contributed by atoms with Crippen LogP contribution >= 0.6 is 17.0 Å². The summed E-state index contributed by atoms with van der Waals surface area (Å²) in [5, 5.41) is 5.39. The van der Waals surface area contributed by atoms with Crippen LogP contribution in [0.2, 0.25) is 0 Å². The normalized spacial score (nSPS) is 10.8. The maximum Gasteiger partial charge on any atom is -0.0771 e. The first-order chi connectivity index (χ1) is 21.3. The van der Waals surface area contributed by atoms with Crippen molar-refractivity contribution in [2.24, 2.45) is 0 Å². The molecule has 7 aromatic carbocycles. The third-order valence-corrected chi connectivity index (χ3v) is 12.2. The van der Waals surface area contributed by atoms with E-state index in [1.807, 2.05) is 36.4 Å². The summed E-state index contributed by atoms with van der Waals surface area (Å²) >= 11 is -2.44. The van der Waals surface area contributed by atoms with Crippen molar-refractivity contribution in [2.75, 3.05) is 0 Å². The summed E-state index contributed by atoms with van der Waals surface area (Å²) in [4.78, 5) is 0. The van der Waals surface area contributed by atoms with E-state index in [1.165, 1.54) is 38.2 Å². The van der Waals surface area contributed by atoms with Gasteiger partial charge >= 0.3 is 111 Å². The number of hydrogen-bond acceptors (Lipinski definition) is 0. The van der Waals surface area contributed by atoms with Crippen molar-refractivity contribution >= 4 is 41.8 Å². The Bertz CT molecular complexity index is 1830. The van der Waals surface area contributed by atoms with E-state index in [0.717, 1.165) is 14.3 Å². The Morgan fingerprint density at radius 2 is 1.02 bits per heavy atom. The Kier molecular flexibility index (Phi) is 11.0. The predicted octanol–water partition coefficient (Wildman–Crippen LogP) is 12.3. The molecular formula is C41H36Cl2Zr-2. The molecule has 7 rings (SSSR count). The van der Waals surface area contributed by atoms with Crippen LogP contribution in [-0.2, 0) is 24.3 Å². The second-order valence-electron chi connectivity index (χ2n) is 11.7. The minimum absolute atomic E-state index is 0.241. The van der Waals surface area contributed by atoms with Crippen molar-refractivity contribution in [1.82, 2.24) is 0 Å². The third-order valence-electron chi connectivity index (χ3n) is 7.58. The van der Waals surface area contributed by atoms with Crippen LogP contribution in [-0.4, -0.2) is 3.21 Å². The summed E-state index contributed by atoms with van der Waals surface area (Å²) in [6, 6.07) is 56.9. The average molecular weight is 691 g/mol. The van der Waals surface area contributed by atoms with Gasteiger partial charge < -0.3 is 0 Å². The van der Waals surface area contributed by atoms with Crippen molar-refractivity contribution < 1.29 is 18.9 Å². The largest absolute Gasteiger partial charge is 0.126 e. The van der Waals surface area contributed by atoms with Gasteiger partial charge in [0.1, 0.15) is 0 Å². The van der Waals surface area contributed by atoms with Crippen molar-refractivity contribution in [2.45, 2.75) is 26.2 Å². The molecule has 0 unspecified atom stereocenters. The molecule has 0 aliphatic rings. The van der Waals surface area contributed by atoms with E-state index in [0.29, 0.717) is 0 Å². The fraction of sp³-hybridized carbons (Fsp3) is 0.0976. The van der Waals surface area contributed by atoms with E-state index in [4.69, 9.17) is 17.0 Å². The van der Waals surface area contributed by atoms with Crippen molar-refractivity contribution in [3.63, 3.8) is 0 Å². The van der Waals surface area contributed by atoms with E-state index in [1.54, 1.807) is 0 Å². The quantitative estimate of drug-likeness (QED) is 0.162. The number of benzene rings is 5. The zero-order valence-corrected chi connectivity index (χ0v) is 29.3. The van der Waals surface area contributed by atoms with E-state index in [2.05, 4.69) is 148 Å². The van der Waals surface area contributed by atoms with E-state index in [9.17, 15) is 0 Å². The molecule has 0 spiro atoms. The molecule has 0 aliphatic carbocycles. The summed E-state index contributed by atoms with van der Waals surface area (Å²) in [6.45, 7) is 6.72. The van der Waals surface area contributed by atoms with Crippen LogP contribution in [0, 0.1) is 0 Å². The van der Waals surface area contributed by atoms with Crippen LogP contribution in [0.15, 0.2) is 164 Å². The van der Waals surface area contributed by atoms with Crippen LogP contribution in [0.3, 0.4) is 0 Å². The van der Waals surface area contributed by atoms with Crippen molar-refractivity contribution in [3.05, 3.63) is 180 Å². The average Bonchev–Trinajstić information content (AvgIpc) is 3.71. The third kappa shape index (κ3) is 8.22. The van der Waals surface area contributed by atoms with E-state index in [-0.39, 0.29) is 5.41 Å². The Hall–Kier alpha value is -3.35. The molecule has 0 saturated heterocycles. The second kappa shape index (κ2) is 15.1. The van der Waals surface area contributed by atoms with Gasteiger partial charge in [-0.15, -0.1) is 51.4 Å². The standard InChI is InChI=1S/C15H17.C13H9.C13H10.2ClH.Zr/c1-15(2,3)14-10-8-13(9-11-14)12-6-4-5-7-12;1-3-7-12-10(5-1)9-11-6-2-4-8-13(11)12;1-3-7-12(8-4-1)11-13-9-5-2-6-10-13;;;/h4-11H,1-3H3;1-9H;1-10H;2*1H;/q2*-1;;;;+2/p-2. The Balaban J connectivity index is 0.000000131. The zero-order valence-electron chi connectivity index (χ0n) is 25.3. The summed E-state index contributed by atoms with van der Waals surface area (Å²) in [7, 11) is 12.5. The first-order valence-electron chi connectivity index (χ1n) is 14.8. The van der Waals surface area contributed by atoms with E-state index >= 15 is 0 Å². The van der Waals surface area contributed by atoms with Crippen molar-refractivity contribution in [1.29, 1.82) is 0 Å². The molecule has 44 heavy (non-hydrogen) atoms. The Morgan fingerprint density at radius 3 is 1.45 bits per heavy atom. The Morgan fingerprint density at radius 1 is 0.545 bits per heavy atom. The minimum Gasteiger partial charge on any atom is -0.126 e. The summed E-state index contributed by atoms with van der Waals surface area (Å²) in [6.07, 6.45) is 0. The van der Waals surface area contributed by atoms with Gasteiger partial charge in [0.2, 0.25) is 0 Å². The SMILES string of the molecule is CC(C)(C)c1ccc(-c2ccc[cH-]2)cc1.[Cl][Zr]([Cl])=[C](c1ccccc1)c1ccccc1.c1ccc2c(c1)[cH-]c1ccccc12. The van der Waals surface area contributed by atoms with E-state index < -0.39 is 18.9 Å². The molecule has 0 saturated carbocycles.